The maximum atomic E-state index is 5.80. The maximum Gasteiger partial charge on any atom is 0.231 e. The van der Waals surface area contributed by atoms with E-state index in [1.807, 2.05) is 18.2 Å². The van der Waals surface area contributed by atoms with E-state index in [9.17, 15) is 0 Å². The zero-order valence-electron chi connectivity index (χ0n) is 11.4. The Hall–Kier alpha value is -2.50. The monoisotopic (exact) mass is 285 g/mol. The van der Waals surface area contributed by atoms with Gasteiger partial charge in [-0.2, -0.15) is 4.98 Å². The van der Waals surface area contributed by atoms with Crippen molar-refractivity contribution >= 4 is 5.82 Å². The summed E-state index contributed by atoms with van der Waals surface area (Å²) in [7, 11) is 0. The van der Waals surface area contributed by atoms with Crippen LogP contribution in [0.4, 0.5) is 5.82 Å². The van der Waals surface area contributed by atoms with Crippen LogP contribution in [-0.2, 0) is 6.61 Å². The summed E-state index contributed by atoms with van der Waals surface area (Å²) in [6, 6.07) is 7.39. The number of hydrogen-bond donors (Lipinski definition) is 1. The molecule has 21 heavy (non-hydrogen) atoms. The van der Waals surface area contributed by atoms with E-state index in [-0.39, 0.29) is 6.79 Å². The SMILES string of the molecule is Nc1cc(OCc2ccc3c(c2)OCO3)nc(C2CC2)n1. The summed E-state index contributed by atoms with van der Waals surface area (Å²) >= 11 is 0. The van der Waals surface area contributed by atoms with E-state index in [0.29, 0.717) is 24.2 Å². The van der Waals surface area contributed by atoms with Crippen molar-refractivity contribution in [1.82, 2.24) is 9.97 Å². The quantitative estimate of drug-likeness (QED) is 0.928. The molecule has 1 aromatic heterocycles. The lowest BCUT2D eigenvalue weighted by molar-refractivity contribution is 0.174. The predicted octanol–water partition coefficient (Wildman–Crippen LogP) is 2.24. The van der Waals surface area contributed by atoms with Crippen LogP contribution in [-0.4, -0.2) is 16.8 Å². The Morgan fingerprint density at radius 3 is 2.86 bits per heavy atom. The standard InChI is InChI=1S/C15H15N3O3/c16-13-6-14(18-15(17-13)10-2-3-10)19-7-9-1-4-11-12(5-9)21-8-20-11/h1,4-6,10H,2-3,7-8H2,(H2,16,17,18). The summed E-state index contributed by atoms with van der Waals surface area (Å²) in [5, 5.41) is 0. The molecule has 0 unspecified atom stereocenters. The minimum absolute atomic E-state index is 0.271. The Morgan fingerprint density at radius 1 is 1.14 bits per heavy atom. The van der Waals surface area contributed by atoms with E-state index < -0.39 is 0 Å². The van der Waals surface area contributed by atoms with Gasteiger partial charge in [0.05, 0.1) is 0 Å². The van der Waals surface area contributed by atoms with Crippen LogP contribution in [0, 0.1) is 0 Å². The highest BCUT2D eigenvalue weighted by Gasteiger charge is 2.27. The fraction of sp³-hybridized carbons (Fsp3) is 0.333. The fourth-order valence-electron chi connectivity index (χ4n) is 2.25. The number of nitrogen functional groups attached to an aromatic ring is 1. The lowest BCUT2D eigenvalue weighted by atomic mass is 10.2. The normalized spacial score (nSPS) is 16.0. The molecule has 1 aromatic carbocycles. The largest absolute Gasteiger partial charge is 0.473 e. The molecule has 1 aliphatic heterocycles. The molecule has 1 saturated carbocycles. The summed E-state index contributed by atoms with van der Waals surface area (Å²) < 4.78 is 16.4. The summed E-state index contributed by atoms with van der Waals surface area (Å²) in [6.07, 6.45) is 2.26. The van der Waals surface area contributed by atoms with Gasteiger partial charge in [0, 0.05) is 12.0 Å². The maximum absolute atomic E-state index is 5.80. The Balaban J connectivity index is 1.49. The van der Waals surface area contributed by atoms with Crippen molar-refractivity contribution in [2.24, 2.45) is 0 Å². The molecule has 6 nitrogen and oxygen atoms in total. The fourth-order valence-corrected chi connectivity index (χ4v) is 2.25. The topological polar surface area (TPSA) is 79.5 Å². The minimum atomic E-state index is 0.271. The molecule has 108 valence electrons. The second kappa shape index (κ2) is 4.80. The van der Waals surface area contributed by atoms with Crippen molar-refractivity contribution in [3.05, 3.63) is 35.7 Å². The number of rotatable bonds is 4. The molecule has 2 heterocycles. The van der Waals surface area contributed by atoms with Crippen LogP contribution >= 0.6 is 0 Å². The average molecular weight is 285 g/mol. The van der Waals surface area contributed by atoms with Gasteiger partial charge in [-0.05, 0) is 30.5 Å². The number of nitrogens with zero attached hydrogens (tertiary/aromatic N) is 2. The average Bonchev–Trinajstić information content (AvgIpc) is 3.23. The van der Waals surface area contributed by atoms with Crippen LogP contribution in [0.1, 0.15) is 30.1 Å². The van der Waals surface area contributed by atoms with E-state index in [1.54, 1.807) is 6.07 Å². The lowest BCUT2D eigenvalue weighted by Crippen LogP contribution is -2.03. The van der Waals surface area contributed by atoms with E-state index >= 15 is 0 Å². The van der Waals surface area contributed by atoms with Gasteiger partial charge in [-0.1, -0.05) is 6.07 Å². The molecule has 6 heteroatoms. The molecule has 0 radical (unpaired) electrons. The molecule has 0 amide bonds. The van der Waals surface area contributed by atoms with Gasteiger partial charge in [-0.3, -0.25) is 0 Å². The summed E-state index contributed by atoms with van der Waals surface area (Å²) in [5.74, 6) is 3.71. The van der Waals surface area contributed by atoms with Crippen molar-refractivity contribution in [3.8, 4) is 17.4 Å². The van der Waals surface area contributed by atoms with Crippen LogP contribution in [0.3, 0.4) is 0 Å². The van der Waals surface area contributed by atoms with Crippen molar-refractivity contribution in [2.45, 2.75) is 25.4 Å². The first-order valence-corrected chi connectivity index (χ1v) is 6.94. The number of ether oxygens (including phenoxy) is 3. The first kappa shape index (κ1) is 12.3. The zero-order chi connectivity index (χ0) is 14.2. The molecule has 1 fully saturated rings. The third-order valence-electron chi connectivity index (χ3n) is 3.51. The third kappa shape index (κ3) is 2.56. The predicted molar refractivity (Wildman–Crippen MR) is 75.3 cm³/mol. The van der Waals surface area contributed by atoms with E-state index in [4.69, 9.17) is 19.9 Å². The molecule has 2 aliphatic rings. The van der Waals surface area contributed by atoms with Crippen LogP contribution in [0.15, 0.2) is 24.3 Å². The van der Waals surface area contributed by atoms with Crippen LogP contribution in [0.2, 0.25) is 0 Å². The number of aromatic nitrogens is 2. The molecule has 4 rings (SSSR count). The van der Waals surface area contributed by atoms with Crippen molar-refractivity contribution < 1.29 is 14.2 Å². The van der Waals surface area contributed by atoms with Gasteiger partial charge >= 0.3 is 0 Å². The van der Waals surface area contributed by atoms with Crippen LogP contribution in [0.25, 0.3) is 0 Å². The highest BCUT2D eigenvalue weighted by molar-refractivity contribution is 5.44. The van der Waals surface area contributed by atoms with Crippen molar-refractivity contribution in [3.63, 3.8) is 0 Å². The minimum Gasteiger partial charge on any atom is -0.473 e. The number of benzene rings is 1. The molecule has 0 bridgehead atoms. The Morgan fingerprint density at radius 2 is 2.00 bits per heavy atom. The Labute approximate surface area is 121 Å². The molecular formula is C15H15N3O3. The second-order valence-corrected chi connectivity index (χ2v) is 5.24. The van der Waals surface area contributed by atoms with Crippen LogP contribution in [0.5, 0.6) is 17.4 Å². The van der Waals surface area contributed by atoms with Crippen molar-refractivity contribution in [1.29, 1.82) is 0 Å². The van der Waals surface area contributed by atoms with E-state index in [0.717, 1.165) is 35.7 Å². The smallest absolute Gasteiger partial charge is 0.231 e. The van der Waals surface area contributed by atoms with Crippen molar-refractivity contribution in [2.75, 3.05) is 12.5 Å². The third-order valence-corrected chi connectivity index (χ3v) is 3.51. The number of anilines is 1. The number of nitrogens with two attached hydrogens (primary N) is 1. The van der Waals surface area contributed by atoms with Gasteiger partial charge < -0.3 is 19.9 Å². The van der Waals surface area contributed by atoms with Gasteiger partial charge in [-0.15, -0.1) is 0 Å². The second-order valence-electron chi connectivity index (χ2n) is 5.24. The highest BCUT2D eigenvalue weighted by atomic mass is 16.7. The van der Waals surface area contributed by atoms with E-state index in [1.165, 1.54) is 0 Å². The first-order valence-electron chi connectivity index (χ1n) is 6.94. The molecule has 0 saturated heterocycles. The zero-order valence-corrected chi connectivity index (χ0v) is 11.4. The summed E-state index contributed by atoms with van der Waals surface area (Å²) in [6.45, 7) is 0.671. The van der Waals surface area contributed by atoms with Gasteiger partial charge in [0.25, 0.3) is 0 Å². The molecule has 2 N–H and O–H groups in total. The van der Waals surface area contributed by atoms with E-state index in [2.05, 4.69) is 9.97 Å². The molecule has 1 aliphatic carbocycles. The molecule has 2 aromatic rings. The molecule has 0 atom stereocenters. The first-order chi connectivity index (χ1) is 10.3. The Kier molecular flexibility index (Phi) is 2.80. The van der Waals surface area contributed by atoms with Gasteiger partial charge in [0.2, 0.25) is 12.7 Å². The molecule has 0 spiro atoms. The summed E-state index contributed by atoms with van der Waals surface area (Å²) in [4.78, 5) is 8.66. The van der Waals surface area contributed by atoms with Gasteiger partial charge in [0.1, 0.15) is 18.2 Å². The van der Waals surface area contributed by atoms with Crippen LogP contribution < -0.4 is 19.9 Å². The summed E-state index contributed by atoms with van der Waals surface area (Å²) in [5.41, 5.74) is 6.79. The number of fused-ring (bicyclic) bond motifs is 1. The molecular weight excluding hydrogens is 270 g/mol. The Bertz CT molecular complexity index is 686. The van der Waals surface area contributed by atoms with Gasteiger partial charge in [0.15, 0.2) is 11.5 Å². The number of hydrogen-bond acceptors (Lipinski definition) is 6. The highest BCUT2D eigenvalue weighted by Crippen LogP contribution is 2.39. The van der Waals surface area contributed by atoms with Gasteiger partial charge in [-0.25, -0.2) is 4.98 Å². The lowest BCUT2D eigenvalue weighted by Gasteiger charge is -2.08.